The molecule has 3 aromatic carbocycles. The average molecular weight is 456 g/mol. The first-order chi connectivity index (χ1) is 16.5. The number of nitrogens with one attached hydrogen (secondary N) is 1. The number of benzene rings is 3. The minimum Gasteiger partial charge on any atom is -0.489 e. The van der Waals surface area contributed by atoms with Gasteiger partial charge in [-0.05, 0) is 61.4 Å². The molecule has 1 heterocycles. The van der Waals surface area contributed by atoms with Gasteiger partial charge in [-0.15, -0.1) is 0 Å². The Kier molecular flexibility index (Phi) is 7.58. The molecule has 2 atom stereocenters. The van der Waals surface area contributed by atoms with E-state index >= 15 is 0 Å². The maximum absolute atomic E-state index is 12.8. The van der Waals surface area contributed by atoms with Gasteiger partial charge in [0.1, 0.15) is 12.4 Å². The lowest BCUT2D eigenvalue weighted by molar-refractivity contribution is -0.0704. The molecule has 1 N–H and O–H groups in total. The van der Waals surface area contributed by atoms with Crippen LogP contribution in [-0.4, -0.2) is 36.1 Å². The van der Waals surface area contributed by atoms with E-state index in [0.29, 0.717) is 29.2 Å². The predicted molar refractivity (Wildman–Crippen MR) is 132 cm³/mol. The molecule has 0 radical (unpaired) electrons. The lowest BCUT2D eigenvalue weighted by Gasteiger charge is -2.35. The summed E-state index contributed by atoms with van der Waals surface area (Å²) in [6.45, 7) is 7.21. The summed E-state index contributed by atoms with van der Waals surface area (Å²) in [5, 5.41) is 12.0. The Labute approximate surface area is 200 Å². The summed E-state index contributed by atoms with van der Waals surface area (Å²) in [7, 11) is 0. The van der Waals surface area contributed by atoms with E-state index in [2.05, 4.69) is 30.1 Å². The summed E-state index contributed by atoms with van der Waals surface area (Å²) >= 11 is 0. The number of rotatable bonds is 7. The van der Waals surface area contributed by atoms with Gasteiger partial charge >= 0.3 is 0 Å². The molecule has 0 aliphatic carbocycles. The Balaban J connectivity index is 1.33. The number of morpholine rings is 1. The normalized spacial score (nSPS) is 18.1. The lowest BCUT2D eigenvalue weighted by atomic mass is 10.1. The molecule has 6 nitrogen and oxygen atoms in total. The van der Waals surface area contributed by atoms with Crippen LogP contribution in [0.2, 0.25) is 0 Å². The van der Waals surface area contributed by atoms with Crippen LogP contribution in [0.3, 0.4) is 0 Å². The minimum atomic E-state index is -0.168. The number of nitriles is 1. The van der Waals surface area contributed by atoms with Crippen LogP contribution in [0, 0.1) is 11.3 Å². The van der Waals surface area contributed by atoms with Crippen LogP contribution >= 0.6 is 0 Å². The number of hydrogen-bond acceptors (Lipinski definition) is 5. The van der Waals surface area contributed by atoms with Crippen molar-refractivity contribution < 1.29 is 14.3 Å². The third-order valence-electron chi connectivity index (χ3n) is 5.67. The van der Waals surface area contributed by atoms with Gasteiger partial charge in [0.05, 0.1) is 23.8 Å². The summed E-state index contributed by atoms with van der Waals surface area (Å²) in [4.78, 5) is 15.1. The van der Waals surface area contributed by atoms with Gasteiger partial charge in [-0.3, -0.25) is 9.69 Å². The van der Waals surface area contributed by atoms with Gasteiger partial charge in [0.15, 0.2) is 0 Å². The van der Waals surface area contributed by atoms with Crippen LogP contribution in [0.5, 0.6) is 5.75 Å². The zero-order valence-electron chi connectivity index (χ0n) is 19.5. The molecule has 0 aromatic heterocycles. The fourth-order valence-electron chi connectivity index (χ4n) is 4.20. The van der Waals surface area contributed by atoms with Gasteiger partial charge < -0.3 is 14.8 Å². The monoisotopic (exact) mass is 455 g/mol. The molecule has 3 aromatic rings. The number of ether oxygens (including phenoxy) is 2. The molecule has 2 unspecified atom stereocenters. The molecule has 0 bridgehead atoms. The Morgan fingerprint density at radius 1 is 1.03 bits per heavy atom. The first-order valence-corrected chi connectivity index (χ1v) is 11.5. The van der Waals surface area contributed by atoms with E-state index in [1.165, 1.54) is 5.56 Å². The zero-order chi connectivity index (χ0) is 23.9. The Hall–Kier alpha value is -3.66. The van der Waals surface area contributed by atoms with Gasteiger partial charge in [0.25, 0.3) is 5.91 Å². The van der Waals surface area contributed by atoms with Crippen molar-refractivity contribution in [3.63, 3.8) is 0 Å². The summed E-state index contributed by atoms with van der Waals surface area (Å²) in [6, 6.07) is 24.5. The molecule has 1 aliphatic heterocycles. The van der Waals surface area contributed by atoms with E-state index in [1.54, 1.807) is 18.2 Å². The van der Waals surface area contributed by atoms with Crippen molar-refractivity contribution in [2.45, 2.75) is 39.2 Å². The Morgan fingerprint density at radius 3 is 2.50 bits per heavy atom. The van der Waals surface area contributed by atoms with Crippen molar-refractivity contribution >= 4 is 11.6 Å². The Morgan fingerprint density at radius 2 is 1.76 bits per heavy atom. The summed E-state index contributed by atoms with van der Waals surface area (Å²) < 4.78 is 11.6. The molecule has 1 saturated heterocycles. The predicted octanol–water partition coefficient (Wildman–Crippen LogP) is 5.00. The molecule has 1 aliphatic rings. The number of anilines is 1. The highest BCUT2D eigenvalue weighted by molar-refractivity contribution is 6.04. The standard InChI is InChI=1S/C28H29N3O3/c1-20-16-31(17-21(2)34-20)18-22-9-11-25(12-10-22)28(32)30-26-7-4-8-27(14-26)33-19-24-6-3-5-23(13-24)15-29/h3-14,20-21H,16-19H2,1-2H3,(H,30,32). The molecule has 1 fully saturated rings. The van der Waals surface area contributed by atoms with Crippen molar-refractivity contribution in [3.05, 3.63) is 95.1 Å². The molecule has 6 heteroatoms. The first kappa shape index (κ1) is 23.5. The molecular formula is C28H29N3O3. The highest BCUT2D eigenvalue weighted by Crippen LogP contribution is 2.20. The van der Waals surface area contributed by atoms with Gasteiger partial charge in [-0.2, -0.15) is 5.26 Å². The number of nitrogens with zero attached hydrogens (tertiary/aromatic N) is 2. The van der Waals surface area contributed by atoms with Crippen LogP contribution in [0.15, 0.2) is 72.8 Å². The highest BCUT2D eigenvalue weighted by atomic mass is 16.5. The van der Waals surface area contributed by atoms with E-state index < -0.39 is 0 Å². The maximum atomic E-state index is 12.8. The largest absolute Gasteiger partial charge is 0.489 e. The fourth-order valence-corrected chi connectivity index (χ4v) is 4.20. The molecule has 0 saturated carbocycles. The lowest BCUT2D eigenvalue weighted by Crippen LogP contribution is -2.44. The van der Waals surface area contributed by atoms with Gasteiger partial charge in [0, 0.05) is 37.0 Å². The van der Waals surface area contributed by atoms with Crippen LogP contribution in [0.4, 0.5) is 5.69 Å². The minimum absolute atomic E-state index is 0.168. The van der Waals surface area contributed by atoms with E-state index in [9.17, 15) is 4.79 Å². The summed E-state index contributed by atoms with van der Waals surface area (Å²) in [5.41, 5.74) is 3.95. The molecule has 174 valence electrons. The fraction of sp³-hybridized carbons (Fsp3) is 0.286. The van der Waals surface area contributed by atoms with Crippen LogP contribution in [0.1, 0.15) is 40.9 Å². The second-order valence-electron chi connectivity index (χ2n) is 8.73. The van der Waals surface area contributed by atoms with Gasteiger partial charge in [0.2, 0.25) is 0 Å². The second kappa shape index (κ2) is 11.0. The van der Waals surface area contributed by atoms with Crippen molar-refractivity contribution in [1.82, 2.24) is 4.90 Å². The van der Waals surface area contributed by atoms with Crippen molar-refractivity contribution in [2.75, 3.05) is 18.4 Å². The van der Waals surface area contributed by atoms with E-state index in [0.717, 1.165) is 25.2 Å². The van der Waals surface area contributed by atoms with E-state index in [1.807, 2.05) is 54.6 Å². The molecule has 34 heavy (non-hydrogen) atoms. The van der Waals surface area contributed by atoms with Crippen LogP contribution < -0.4 is 10.1 Å². The SMILES string of the molecule is CC1CN(Cc2ccc(C(=O)Nc3cccc(OCc4cccc(C#N)c4)c3)cc2)CC(C)O1. The third-order valence-corrected chi connectivity index (χ3v) is 5.67. The van der Waals surface area contributed by atoms with Gasteiger partial charge in [-0.1, -0.05) is 30.3 Å². The Bertz CT molecular complexity index is 1160. The maximum Gasteiger partial charge on any atom is 0.255 e. The van der Waals surface area contributed by atoms with Crippen molar-refractivity contribution in [3.8, 4) is 11.8 Å². The van der Waals surface area contributed by atoms with Crippen LogP contribution in [-0.2, 0) is 17.9 Å². The van der Waals surface area contributed by atoms with Crippen LogP contribution in [0.25, 0.3) is 0 Å². The quantitative estimate of drug-likeness (QED) is 0.543. The van der Waals surface area contributed by atoms with Gasteiger partial charge in [-0.25, -0.2) is 0 Å². The topological polar surface area (TPSA) is 74.6 Å². The number of carbonyl (C=O) groups is 1. The molecule has 4 rings (SSSR count). The summed E-state index contributed by atoms with van der Waals surface area (Å²) in [6.07, 6.45) is 0.465. The molecule has 0 spiro atoms. The van der Waals surface area contributed by atoms with Crippen molar-refractivity contribution in [2.24, 2.45) is 0 Å². The third kappa shape index (κ3) is 6.44. The van der Waals surface area contributed by atoms with E-state index in [4.69, 9.17) is 14.7 Å². The number of carbonyl (C=O) groups excluding carboxylic acids is 1. The van der Waals surface area contributed by atoms with E-state index in [-0.39, 0.29) is 18.1 Å². The highest BCUT2D eigenvalue weighted by Gasteiger charge is 2.22. The average Bonchev–Trinajstić information content (AvgIpc) is 2.83. The summed E-state index contributed by atoms with van der Waals surface area (Å²) in [5.74, 6) is 0.475. The smallest absolute Gasteiger partial charge is 0.255 e. The number of amides is 1. The zero-order valence-corrected chi connectivity index (χ0v) is 19.5. The second-order valence-corrected chi connectivity index (χ2v) is 8.73. The molecule has 1 amide bonds. The molecular weight excluding hydrogens is 426 g/mol. The first-order valence-electron chi connectivity index (χ1n) is 11.5. The number of hydrogen-bond donors (Lipinski definition) is 1. The van der Waals surface area contributed by atoms with Crippen molar-refractivity contribution in [1.29, 1.82) is 5.26 Å².